The largest absolute Gasteiger partial charge is 0.515 e. The van der Waals surface area contributed by atoms with Crippen LogP contribution in [0.5, 0.6) is 0 Å². The summed E-state index contributed by atoms with van der Waals surface area (Å²) in [5.41, 5.74) is 0. The third kappa shape index (κ3) is 12.8. The highest BCUT2D eigenvalue weighted by molar-refractivity contribution is 7.12. The van der Waals surface area contributed by atoms with Crippen molar-refractivity contribution < 1.29 is 57.6 Å². The lowest BCUT2D eigenvalue weighted by atomic mass is 9.92. The fraction of sp³-hybridized carbons (Fsp3) is 0.314. The fourth-order valence-corrected chi connectivity index (χ4v) is 77.9. The summed E-state index contributed by atoms with van der Waals surface area (Å²) in [4.78, 5) is 0. The lowest BCUT2D eigenvalue weighted by Crippen LogP contribution is -2.91. The molecule has 5 saturated heterocycles. The Morgan fingerprint density at radius 1 is 0.323 bits per heavy atom. The second-order valence-corrected chi connectivity index (χ2v) is 71.3. The van der Waals surface area contributed by atoms with E-state index in [1.165, 1.54) is 0 Å². The van der Waals surface area contributed by atoms with Crippen LogP contribution in [0.3, 0.4) is 0 Å². The van der Waals surface area contributed by atoms with E-state index in [1.54, 1.807) is 0 Å². The van der Waals surface area contributed by atoms with E-state index in [9.17, 15) is 0 Å². The molecule has 14 nitrogen and oxygen atoms in total. The van der Waals surface area contributed by atoms with Crippen LogP contribution in [0.4, 0.5) is 0 Å². The van der Waals surface area contributed by atoms with E-state index >= 15 is 0 Å². The maximum Gasteiger partial charge on any atom is 0.515 e. The first-order chi connectivity index (χ1) is 45.4. The van der Waals surface area contributed by atoms with Crippen LogP contribution < -0.4 is 41.5 Å². The summed E-state index contributed by atoms with van der Waals surface area (Å²) in [7, 11) is -54.8. The fourth-order valence-electron chi connectivity index (χ4n) is 13.8. The molecule has 5 atom stereocenters. The van der Waals surface area contributed by atoms with Gasteiger partial charge in [-0.1, -0.05) is 304 Å². The smallest absolute Gasteiger partial charge is 0.413 e. The van der Waals surface area contributed by atoms with Crippen LogP contribution in [0.25, 0.3) is 0 Å². The first-order valence-corrected chi connectivity index (χ1v) is 59.6. The van der Waals surface area contributed by atoms with Gasteiger partial charge in [0.25, 0.3) is 0 Å². The summed E-state index contributed by atoms with van der Waals surface area (Å²) in [6, 6.07) is 80.1. The summed E-state index contributed by atoms with van der Waals surface area (Å²) in [5.74, 6) is 0. The molecular weight excluding hydrogens is 1400 g/mol. The van der Waals surface area contributed by atoms with Crippen molar-refractivity contribution in [2.45, 2.75) is 142 Å². The standard InChI is InChI=1S/C70H94O14Si12/c1-17-59-68(3,4)86(11,12)72-90(61-45-29-20-30-46-61)77-95(66-55-39-25-40-56-66)79-91(62-47-31-21-32-48-62)73-87(13,14)69(5,6)70(7,18-2)88(15,16)74-92(63-49-33-22-34-50-63)81-93(83-95,64-51-35-23-36-52-64)75-89(71-85(8,9)10,60-43-27-19-28-44-60)76-94(82-92,65-53-37-24-38-54-65)84-96(78-90,80-91)67-57-41-26-42-58-67/h19-58H,17-18,59H2,1-16H3/t70-,89?,90?,91?,92?,93?,94?,95?,96?/m1/s1. The Morgan fingerprint density at radius 3 is 0.792 bits per heavy atom. The molecule has 8 aromatic carbocycles. The molecule has 6 bridgehead atoms. The molecule has 506 valence electrons. The Balaban J connectivity index is 1.42. The molecule has 5 heterocycles. The number of fused-ring (bicyclic) bond motifs is 9. The number of hydrogen-bond donors (Lipinski definition) is 0. The summed E-state index contributed by atoms with van der Waals surface area (Å²) in [6.07, 6.45) is 2.41. The number of benzene rings is 8. The molecular formula is C70H94O14Si12. The van der Waals surface area contributed by atoms with Crippen molar-refractivity contribution in [2.75, 3.05) is 0 Å². The zero-order chi connectivity index (χ0) is 68.4. The van der Waals surface area contributed by atoms with Gasteiger partial charge in [0.15, 0.2) is 33.3 Å². The third-order valence-corrected chi connectivity index (χ3v) is 74.4. The van der Waals surface area contributed by atoms with E-state index in [-0.39, 0.29) is 0 Å². The van der Waals surface area contributed by atoms with E-state index in [2.05, 4.69) is 107 Å². The second kappa shape index (κ2) is 26.3. The topological polar surface area (TPSA) is 129 Å². The van der Waals surface area contributed by atoms with Crippen molar-refractivity contribution in [2.24, 2.45) is 0 Å². The molecule has 0 N–H and O–H groups in total. The van der Waals surface area contributed by atoms with Crippen LogP contribution in [-0.2, 0) is 57.6 Å². The SMILES string of the molecule is CCCC(C)(C)[Si](C)(C)O[Si]1(c2ccccc2)O[Si]2(c3ccccc3)O[Si]3(c4ccccc4)O[Si](O[Si](C)(C)C)(c4ccccc4)O[Si]4(c5ccccc5)O[Si](c5ccccc5)(O1)O[Si](c1ccccc1)(O2)O[Si](C)(C)C(C)(C)[C@@](C)(CC)[Si](C)(C)O[Si](c1ccccc1)(O3)O4. The van der Waals surface area contributed by atoms with E-state index in [1.807, 2.05) is 243 Å². The average Bonchev–Trinajstić information content (AvgIpc) is 1.04. The van der Waals surface area contributed by atoms with Gasteiger partial charge in [0.05, 0.1) is 0 Å². The first kappa shape index (κ1) is 71.6. The van der Waals surface area contributed by atoms with Crippen molar-refractivity contribution in [1.82, 2.24) is 0 Å². The predicted octanol–water partition coefficient (Wildman–Crippen LogP) is 12.0. The van der Waals surface area contributed by atoms with Crippen LogP contribution >= 0.6 is 0 Å². The minimum absolute atomic E-state index is 0.401. The molecule has 13 rings (SSSR count). The van der Waals surface area contributed by atoms with Gasteiger partial charge in [0, 0.05) is 41.5 Å². The van der Waals surface area contributed by atoms with Crippen LogP contribution in [0.1, 0.15) is 67.7 Å². The summed E-state index contributed by atoms with van der Waals surface area (Å²) < 4.78 is 124. The van der Waals surface area contributed by atoms with Crippen molar-refractivity contribution in [3.63, 3.8) is 0 Å². The van der Waals surface area contributed by atoms with E-state index in [4.69, 9.17) is 57.6 Å². The second-order valence-electron chi connectivity index (χ2n) is 29.4. The molecule has 8 aromatic rings. The zero-order valence-electron chi connectivity index (χ0n) is 58.4. The van der Waals surface area contributed by atoms with Crippen LogP contribution in [0.15, 0.2) is 243 Å². The molecule has 4 unspecified atom stereocenters. The molecule has 0 aromatic heterocycles. The normalized spacial score (nSPS) is 31.5. The van der Waals surface area contributed by atoms with Gasteiger partial charge in [-0.05, 0) is 80.5 Å². The van der Waals surface area contributed by atoms with Crippen LogP contribution in [0.2, 0.25) is 74.0 Å². The van der Waals surface area contributed by atoms with Gasteiger partial charge in [0.1, 0.15) is 0 Å². The third-order valence-electron chi connectivity index (χ3n) is 20.7. The van der Waals surface area contributed by atoms with Gasteiger partial charge >= 0.3 is 70.4 Å². The van der Waals surface area contributed by atoms with Crippen molar-refractivity contribution in [1.29, 1.82) is 0 Å². The monoisotopic (exact) mass is 1490 g/mol. The summed E-state index contributed by atoms with van der Waals surface area (Å²) >= 11 is 0. The highest BCUT2D eigenvalue weighted by Crippen LogP contribution is 2.66. The summed E-state index contributed by atoms with van der Waals surface area (Å²) in [6.45, 7) is 36.4. The van der Waals surface area contributed by atoms with Crippen LogP contribution in [0, 0.1) is 0 Å². The van der Waals surface area contributed by atoms with Gasteiger partial charge in [0.2, 0.25) is 0 Å². The lowest BCUT2D eigenvalue weighted by molar-refractivity contribution is 0.0478. The molecule has 0 spiro atoms. The molecule has 0 amide bonds. The molecule has 96 heavy (non-hydrogen) atoms. The predicted molar refractivity (Wildman–Crippen MR) is 407 cm³/mol. The average molecular weight is 1500 g/mol. The van der Waals surface area contributed by atoms with Gasteiger partial charge in [-0.15, -0.1) is 0 Å². The molecule has 5 aliphatic heterocycles. The van der Waals surface area contributed by atoms with E-state index in [0.29, 0.717) is 47.9 Å². The number of rotatable bonds is 16. The highest BCUT2D eigenvalue weighted by atomic mass is 28.6. The van der Waals surface area contributed by atoms with Crippen molar-refractivity contribution in [3.05, 3.63) is 243 Å². The van der Waals surface area contributed by atoms with Gasteiger partial charge < -0.3 is 57.6 Å². The molecule has 0 saturated carbocycles. The first-order valence-electron chi connectivity index (χ1n) is 33.6. The maximum absolute atomic E-state index is 9.07. The Kier molecular flexibility index (Phi) is 19.6. The Bertz CT molecular complexity index is 3840. The van der Waals surface area contributed by atoms with Gasteiger partial charge in [-0.2, -0.15) is 0 Å². The van der Waals surface area contributed by atoms with Gasteiger partial charge in [-0.3, -0.25) is 0 Å². The minimum Gasteiger partial charge on any atom is -0.413 e. The van der Waals surface area contributed by atoms with Crippen molar-refractivity contribution >= 4 is 145 Å². The van der Waals surface area contributed by atoms with E-state index < -0.39 is 119 Å². The Labute approximate surface area is 582 Å². The minimum atomic E-state index is -5.38. The molecule has 5 fully saturated rings. The molecule has 0 aliphatic carbocycles. The molecule has 0 radical (unpaired) electrons. The van der Waals surface area contributed by atoms with E-state index in [0.717, 1.165) is 12.8 Å². The Hall–Kier alpha value is -4.20. The highest BCUT2D eigenvalue weighted by Gasteiger charge is 2.82. The quantitative estimate of drug-likeness (QED) is 0.0851. The van der Waals surface area contributed by atoms with Gasteiger partial charge in [-0.25, -0.2) is 0 Å². The Morgan fingerprint density at radius 2 is 0.552 bits per heavy atom. The van der Waals surface area contributed by atoms with Crippen molar-refractivity contribution in [3.8, 4) is 0 Å². The lowest BCUT2D eigenvalue weighted by Gasteiger charge is -2.59. The maximum atomic E-state index is 9.07. The molecule has 26 heteroatoms. The summed E-state index contributed by atoms with van der Waals surface area (Å²) in [5, 5.41) is 2.82. The zero-order valence-corrected chi connectivity index (χ0v) is 70.4. The molecule has 5 aliphatic rings. The number of hydrogen-bond acceptors (Lipinski definition) is 14. The van der Waals surface area contributed by atoms with Crippen LogP contribution in [-0.4, -0.2) is 104 Å².